The topological polar surface area (TPSA) is 41.6 Å². The lowest BCUT2D eigenvalue weighted by Gasteiger charge is -2.35. The number of piperazine rings is 1. The highest BCUT2D eigenvalue weighted by atomic mass is 16.5. The molecule has 4 nitrogen and oxygen atoms in total. The second-order valence-corrected chi connectivity index (χ2v) is 3.84. The molecule has 14 heavy (non-hydrogen) atoms. The predicted octanol–water partition coefficient (Wildman–Crippen LogP) is 0.0892. The zero-order chi connectivity index (χ0) is 10.6. The Morgan fingerprint density at radius 3 is 2.43 bits per heavy atom. The quantitative estimate of drug-likeness (QED) is 0.656. The zero-order valence-electron chi connectivity index (χ0n) is 9.25. The average Bonchev–Trinajstić information content (AvgIpc) is 2.27. The van der Waals surface area contributed by atoms with E-state index in [2.05, 4.69) is 17.1 Å². The molecule has 1 fully saturated rings. The molecule has 1 aliphatic heterocycles. The normalized spacial score (nSPS) is 22.8. The number of rotatable bonds is 3. The molecule has 0 bridgehead atoms. The van der Waals surface area contributed by atoms with E-state index in [9.17, 15) is 4.79 Å². The van der Waals surface area contributed by atoms with Crippen LogP contribution in [-0.4, -0.2) is 50.2 Å². The van der Waals surface area contributed by atoms with Crippen molar-refractivity contribution in [1.29, 1.82) is 0 Å². The van der Waals surface area contributed by atoms with Crippen molar-refractivity contribution in [2.45, 2.75) is 19.9 Å². The monoisotopic (exact) mass is 200 g/mol. The highest BCUT2D eigenvalue weighted by Crippen LogP contribution is 2.12. The van der Waals surface area contributed by atoms with E-state index in [1.807, 2.05) is 6.92 Å². The molecule has 0 amide bonds. The molecule has 0 spiro atoms. The standard InChI is InChI=1S/C10H20N2O2/c1-8(10(13)14-3)9(2)12-6-4-11-5-7-12/h8-9,11H,4-7H2,1-3H3/t8-,9?/m0/s1. The number of hydrogen-bond donors (Lipinski definition) is 1. The van der Waals surface area contributed by atoms with Gasteiger partial charge in [0.25, 0.3) is 0 Å². The van der Waals surface area contributed by atoms with Crippen LogP contribution in [-0.2, 0) is 9.53 Å². The van der Waals surface area contributed by atoms with Gasteiger partial charge in [0, 0.05) is 32.2 Å². The van der Waals surface area contributed by atoms with Crippen LogP contribution in [0.5, 0.6) is 0 Å². The molecule has 0 aliphatic carbocycles. The maximum atomic E-state index is 11.3. The molecule has 1 saturated heterocycles. The Morgan fingerprint density at radius 1 is 1.36 bits per heavy atom. The highest BCUT2D eigenvalue weighted by Gasteiger charge is 2.26. The van der Waals surface area contributed by atoms with E-state index in [4.69, 9.17) is 4.74 Å². The van der Waals surface area contributed by atoms with Crippen molar-refractivity contribution in [3.8, 4) is 0 Å². The molecule has 82 valence electrons. The molecule has 2 atom stereocenters. The summed E-state index contributed by atoms with van der Waals surface area (Å²) in [5.41, 5.74) is 0. The first-order valence-electron chi connectivity index (χ1n) is 5.19. The molecule has 1 rings (SSSR count). The van der Waals surface area contributed by atoms with Gasteiger partial charge in [-0.15, -0.1) is 0 Å². The van der Waals surface area contributed by atoms with E-state index >= 15 is 0 Å². The molecule has 0 saturated carbocycles. The molecule has 0 aromatic carbocycles. The molecule has 1 aliphatic rings. The maximum absolute atomic E-state index is 11.3. The maximum Gasteiger partial charge on any atom is 0.309 e. The van der Waals surface area contributed by atoms with E-state index in [1.165, 1.54) is 7.11 Å². The first-order valence-corrected chi connectivity index (χ1v) is 5.19. The molecule has 0 radical (unpaired) electrons. The lowest BCUT2D eigenvalue weighted by Crippen LogP contribution is -2.50. The van der Waals surface area contributed by atoms with Crippen molar-refractivity contribution < 1.29 is 9.53 Å². The lowest BCUT2D eigenvalue weighted by molar-refractivity contribution is -0.147. The van der Waals surface area contributed by atoms with Gasteiger partial charge in [0.15, 0.2) is 0 Å². The average molecular weight is 200 g/mol. The summed E-state index contributed by atoms with van der Waals surface area (Å²) in [7, 11) is 1.45. The van der Waals surface area contributed by atoms with Crippen molar-refractivity contribution in [1.82, 2.24) is 10.2 Å². The van der Waals surface area contributed by atoms with Crippen molar-refractivity contribution in [2.75, 3.05) is 33.3 Å². The van der Waals surface area contributed by atoms with Crippen molar-refractivity contribution >= 4 is 5.97 Å². The summed E-state index contributed by atoms with van der Waals surface area (Å²) in [5, 5.41) is 3.29. The minimum Gasteiger partial charge on any atom is -0.469 e. The van der Waals surface area contributed by atoms with Crippen LogP contribution in [0.2, 0.25) is 0 Å². The van der Waals surface area contributed by atoms with Crippen molar-refractivity contribution in [3.05, 3.63) is 0 Å². The minimum atomic E-state index is -0.115. The van der Waals surface area contributed by atoms with Gasteiger partial charge in [-0.3, -0.25) is 9.69 Å². The van der Waals surface area contributed by atoms with Crippen LogP contribution in [0.15, 0.2) is 0 Å². The summed E-state index contributed by atoms with van der Waals surface area (Å²) in [5.74, 6) is -0.158. The van der Waals surface area contributed by atoms with E-state index in [-0.39, 0.29) is 17.9 Å². The molecule has 4 heteroatoms. The second kappa shape index (κ2) is 5.32. The van der Waals surface area contributed by atoms with Gasteiger partial charge in [0.2, 0.25) is 0 Å². The third-order valence-electron chi connectivity index (χ3n) is 3.02. The van der Waals surface area contributed by atoms with Gasteiger partial charge in [0.05, 0.1) is 13.0 Å². The minimum absolute atomic E-state index is 0.0434. The van der Waals surface area contributed by atoms with Crippen molar-refractivity contribution in [3.63, 3.8) is 0 Å². The molecule has 1 N–H and O–H groups in total. The Labute approximate surface area is 85.6 Å². The summed E-state index contributed by atoms with van der Waals surface area (Å²) in [6.07, 6.45) is 0. The smallest absolute Gasteiger partial charge is 0.309 e. The van der Waals surface area contributed by atoms with Gasteiger partial charge >= 0.3 is 5.97 Å². The Morgan fingerprint density at radius 2 is 1.93 bits per heavy atom. The van der Waals surface area contributed by atoms with Gasteiger partial charge in [-0.25, -0.2) is 0 Å². The van der Waals surface area contributed by atoms with E-state index < -0.39 is 0 Å². The van der Waals surface area contributed by atoms with Gasteiger partial charge in [-0.05, 0) is 6.92 Å². The number of methoxy groups -OCH3 is 1. The van der Waals surface area contributed by atoms with Gasteiger partial charge in [-0.2, -0.15) is 0 Å². The Hall–Kier alpha value is -0.610. The number of ether oxygens (including phenoxy) is 1. The lowest BCUT2D eigenvalue weighted by atomic mass is 10.0. The van der Waals surface area contributed by atoms with Crippen LogP contribution in [0, 0.1) is 5.92 Å². The number of carbonyl (C=O) groups excluding carboxylic acids is 1. The Balaban J connectivity index is 2.45. The summed E-state index contributed by atoms with van der Waals surface area (Å²) >= 11 is 0. The number of esters is 1. The molecule has 0 aromatic rings. The van der Waals surface area contributed by atoms with E-state index in [0.29, 0.717) is 0 Å². The number of nitrogens with zero attached hydrogens (tertiary/aromatic N) is 1. The van der Waals surface area contributed by atoms with Crippen LogP contribution in [0.3, 0.4) is 0 Å². The summed E-state index contributed by atoms with van der Waals surface area (Å²) in [6.45, 7) is 8.08. The summed E-state index contributed by atoms with van der Waals surface area (Å²) in [4.78, 5) is 13.7. The fraction of sp³-hybridized carbons (Fsp3) is 0.900. The third-order valence-corrected chi connectivity index (χ3v) is 3.02. The van der Waals surface area contributed by atoms with Crippen LogP contribution in [0.1, 0.15) is 13.8 Å². The second-order valence-electron chi connectivity index (χ2n) is 3.84. The van der Waals surface area contributed by atoms with Crippen LogP contribution in [0.4, 0.5) is 0 Å². The summed E-state index contributed by atoms with van der Waals surface area (Å²) in [6, 6.07) is 0.268. The predicted molar refractivity (Wildman–Crippen MR) is 55.1 cm³/mol. The molecule has 0 aromatic heterocycles. The van der Waals surface area contributed by atoms with Crippen LogP contribution in [0.25, 0.3) is 0 Å². The third kappa shape index (κ3) is 2.69. The van der Waals surface area contributed by atoms with E-state index in [1.54, 1.807) is 0 Å². The van der Waals surface area contributed by atoms with Gasteiger partial charge in [0.1, 0.15) is 0 Å². The molecular formula is C10H20N2O2. The number of nitrogens with one attached hydrogen (secondary N) is 1. The first kappa shape index (κ1) is 11.5. The number of carbonyl (C=O) groups is 1. The SMILES string of the molecule is COC(=O)[C@@H](C)C(C)N1CCNCC1. The highest BCUT2D eigenvalue weighted by molar-refractivity contribution is 5.72. The van der Waals surface area contributed by atoms with Gasteiger partial charge in [-0.1, -0.05) is 6.92 Å². The molecule has 1 unspecified atom stereocenters. The van der Waals surface area contributed by atoms with Crippen LogP contribution < -0.4 is 5.32 Å². The Kier molecular flexibility index (Phi) is 4.35. The fourth-order valence-electron chi connectivity index (χ4n) is 1.79. The molecule has 1 heterocycles. The Bertz CT molecular complexity index is 191. The molecular weight excluding hydrogens is 180 g/mol. The fourth-order valence-corrected chi connectivity index (χ4v) is 1.79. The van der Waals surface area contributed by atoms with E-state index in [0.717, 1.165) is 26.2 Å². The van der Waals surface area contributed by atoms with Crippen molar-refractivity contribution in [2.24, 2.45) is 5.92 Å². The van der Waals surface area contributed by atoms with Gasteiger partial charge < -0.3 is 10.1 Å². The van der Waals surface area contributed by atoms with Crippen LogP contribution >= 0.6 is 0 Å². The first-order chi connectivity index (χ1) is 6.66. The zero-order valence-corrected chi connectivity index (χ0v) is 9.25. The summed E-state index contributed by atoms with van der Waals surface area (Å²) < 4.78 is 4.74. The largest absolute Gasteiger partial charge is 0.469 e. The number of hydrogen-bond acceptors (Lipinski definition) is 4.